The summed E-state index contributed by atoms with van der Waals surface area (Å²) < 4.78 is 0. The minimum absolute atomic E-state index is 0. The van der Waals surface area contributed by atoms with Crippen LogP contribution in [0, 0.1) is 0 Å². The normalized spacial score (nSPS) is 14.5. The van der Waals surface area contributed by atoms with E-state index in [1.54, 1.807) is 0 Å². The van der Waals surface area contributed by atoms with Crippen molar-refractivity contribution in [3.05, 3.63) is 65.4 Å². The third-order valence-corrected chi connectivity index (χ3v) is 5.61. The number of halogens is 2. The summed E-state index contributed by atoms with van der Waals surface area (Å²) in [5.41, 5.74) is 3.74. The lowest BCUT2D eigenvalue weighted by atomic mass is 10.1. The zero-order valence-electron chi connectivity index (χ0n) is 18.5. The molecule has 1 fully saturated rings. The van der Waals surface area contributed by atoms with Gasteiger partial charge in [0.05, 0.1) is 11.2 Å². The summed E-state index contributed by atoms with van der Waals surface area (Å²) in [4.78, 5) is 19.4. The number of amides is 1. The number of hydrogen-bond donors (Lipinski definition) is 1. The maximum Gasteiger partial charge on any atom is 0.253 e. The van der Waals surface area contributed by atoms with Crippen LogP contribution in [-0.2, 0) is 0 Å². The molecule has 1 aromatic heterocycles. The topological polar surface area (TPSA) is 55.5 Å². The van der Waals surface area contributed by atoms with Gasteiger partial charge in [0.2, 0.25) is 0 Å². The molecule has 0 spiro atoms. The van der Waals surface area contributed by atoms with Crippen LogP contribution in [0.1, 0.15) is 21.6 Å². The van der Waals surface area contributed by atoms with Gasteiger partial charge in [-0.05, 0) is 43.9 Å². The van der Waals surface area contributed by atoms with E-state index < -0.39 is 0 Å². The summed E-state index contributed by atoms with van der Waals surface area (Å²) in [6, 6.07) is 15.9. The number of nitrogens with one attached hydrogen (secondary N) is 1. The molecule has 2 aromatic carbocycles. The molecule has 8 heteroatoms. The van der Waals surface area contributed by atoms with E-state index in [0.29, 0.717) is 0 Å². The molecule has 3 aromatic rings. The van der Waals surface area contributed by atoms with Crippen LogP contribution < -0.4 is 0 Å². The number of fused-ring (bicyclic) bond motifs is 1. The number of H-pyrrole nitrogens is 1. The number of aromatic nitrogens is 2. The Labute approximate surface area is 202 Å². The highest BCUT2D eigenvalue weighted by molar-refractivity contribution is 5.95. The van der Waals surface area contributed by atoms with Crippen molar-refractivity contribution in [2.24, 2.45) is 0 Å². The number of carbonyl (C=O) groups excluding carboxylic acids is 1. The van der Waals surface area contributed by atoms with Crippen molar-refractivity contribution in [3.63, 3.8) is 0 Å². The van der Waals surface area contributed by atoms with Gasteiger partial charge >= 0.3 is 0 Å². The summed E-state index contributed by atoms with van der Waals surface area (Å²) in [5.74, 6) is 0.121. The Balaban J connectivity index is 0.00000181. The van der Waals surface area contributed by atoms with Crippen molar-refractivity contribution in [1.29, 1.82) is 0 Å². The number of hydrogen-bond acceptors (Lipinski definition) is 4. The van der Waals surface area contributed by atoms with Crippen LogP contribution in [0.25, 0.3) is 23.1 Å². The summed E-state index contributed by atoms with van der Waals surface area (Å²) in [7, 11) is 4.19. The number of carbonyl (C=O) groups is 1. The second-order valence-electron chi connectivity index (χ2n) is 8.05. The minimum Gasteiger partial charge on any atom is -0.336 e. The first-order valence-corrected chi connectivity index (χ1v) is 10.5. The van der Waals surface area contributed by atoms with Crippen LogP contribution in [0.4, 0.5) is 0 Å². The van der Waals surface area contributed by atoms with Crippen LogP contribution in [0.3, 0.4) is 0 Å². The monoisotopic (exact) mass is 475 g/mol. The highest BCUT2D eigenvalue weighted by atomic mass is 35.5. The molecule has 0 unspecified atom stereocenters. The lowest BCUT2D eigenvalue weighted by Gasteiger charge is -2.35. The molecular formula is C24H31Cl2N5O. The molecule has 0 atom stereocenters. The van der Waals surface area contributed by atoms with Crippen molar-refractivity contribution < 1.29 is 4.79 Å². The fourth-order valence-corrected chi connectivity index (χ4v) is 3.72. The molecule has 0 bridgehead atoms. The number of rotatable bonds is 6. The van der Waals surface area contributed by atoms with Crippen molar-refractivity contribution in [3.8, 4) is 0 Å². The Kier molecular flexibility index (Phi) is 9.72. The lowest BCUT2D eigenvalue weighted by Crippen LogP contribution is -2.49. The number of piperazine rings is 1. The van der Waals surface area contributed by atoms with Crippen molar-refractivity contribution in [2.45, 2.75) is 0 Å². The van der Waals surface area contributed by atoms with Crippen LogP contribution in [0.15, 0.2) is 48.5 Å². The van der Waals surface area contributed by atoms with Gasteiger partial charge in [-0.25, -0.2) is 0 Å². The maximum absolute atomic E-state index is 12.8. The molecule has 1 aliphatic heterocycles. The Morgan fingerprint density at radius 2 is 1.69 bits per heavy atom. The average Bonchev–Trinajstić information content (AvgIpc) is 3.20. The molecule has 2 heterocycles. The standard InChI is InChI=1S/C24H29N5O.2ClH/c1-27(2)13-14-28-15-17-29(18-16-28)24(30)20-10-7-19(8-11-20)9-12-23-21-5-3-4-6-22(21)25-26-23;;/h3-12H,13-18H2,1-2H3,(H,25,26);2*1H/b12-9+;;. The number of aromatic amines is 1. The summed E-state index contributed by atoms with van der Waals surface area (Å²) in [5, 5.41) is 8.51. The molecule has 0 radical (unpaired) electrons. The first kappa shape index (κ1) is 25.9. The van der Waals surface area contributed by atoms with Crippen molar-refractivity contribution in [2.75, 3.05) is 53.4 Å². The Bertz CT molecular complexity index is 1020. The minimum atomic E-state index is 0. The van der Waals surface area contributed by atoms with E-state index >= 15 is 0 Å². The summed E-state index contributed by atoms with van der Waals surface area (Å²) in [6.07, 6.45) is 4.03. The third-order valence-electron chi connectivity index (χ3n) is 5.61. The van der Waals surface area contributed by atoms with E-state index in [1.165, 1.54) is 0 Å². The number of likely N-dealkylation sites (N-methyl/N-ethyl adjacent to an activating group) is 1. The number of para-hydroxylation sites is 1. The maximum atomic E-state index is 12.8. The molecule has 0 saturated carbocycles. The van der Waals surface area contributed by atoms with E-state index in [9.17, 15) is 4.79 Å². The van der Waals surface area contributed by atoms with Crippen molar-refractivity contribution >= 4 is 53.8 Å². The van der Waals surface area contributed by atoms with Crippen molar-refractivity contribution in [1.82, 2.24) is 24.9 Å². The second kappa shape index (κ2) is 12.0. The van der Waals surface area contributed by atoms with Crippen LogP contribution in [0.5, 0.6) is 0 Å². The van der Waals surface area contributed by atoms with Crippen LogP contribution in [0.2, 0.25) is 0 Å². The van der Waals surface area contributed by atoms with Gasteiger partial charge in [-0.15, -0.1) is 24.8 Å². The lowest BCUT2D eigenvalue weighted by molar-refractivity contribution is 0.0630. The van der Waals surface area contributed by atoms with Gasteiger partial charge in [0.1, 0.15) is 0 Å². The van der Waals surface area contributed by atoms with Crippen LogP contribution in [-0.4, -0.2) is 84.2 Å². The fraction of sp³-hybridized carbons (Fsp3) is 0.333. The van der Waals surface area contributed by atoms with E-state index in [4.69, 9.17) is 0 Å². The molecular weight excluding hydrogens is 445 g/mol. The molecule has 0 aliphatic carbocycles. The average molecular weight is 476 g/mol. The Morgan fingerprint density at radius 1 is 1.00 bits per heavy atom. The smallest absolute Gasteiger partial charge is 0.253 e. The zero-order valence-corrected chi connectivity index (χ0v) is 20.2. The Morgan fingerprint density at radius 3 is 2.38 bits per heavy atom. The quantitative estimate of drug-likeness (QED) is 0.587. The van der Waals surface area contributed by atoms with Gasteiger partial charge < -0.3 is 9.80 Å². The number of benzene rings is 2. The van der Waals surface area contributed by atoms with Gasteiger partial charge in [-0.2, -0.15) is 5.10 Å². The second-order valence-corrected chi connectivity index (χ2v) is 8.05. The molecule has 1 amide bonds. The highest BCUT2D eigenvalue weighted by Crippen LogP contribution is 2.18. The zero-order chi connectivity index (χ0) is 20.9. The number of nitrogens with zero attached hydrogens (tertiary/aromatic N) is 4. The largest absolute Gasteiger partial charge is 0.336 e. The van der Waals surface area contributed by atoms with Gasteiger partial charge in [0.15, 0.2) is 0 Å². The van der Waals surface area contributed by atoms with Crippen LogP contribution >= 0.6 is 24.8 Å². The van der Waals surface area contributed by atoms with Gasteiger partial charge in [-0.1, -0.05) is 36.4 Å². The predicted molar refractivity (Wildman–Crippen MR) is 137 cm³/mol. The Hall–Kier alpha value is -2.38. The van der Waals surface area contributed by atoms with E-state index in [-0.39, 0.29) is 30.7 Å². The van der Waals surface area contributed by atoms with Gasteiger partial charge in [0.25, 0.3) is 5.91 Å². The molecule has 1 aliphatic rings. The molecule has 4 rings (SSSR count). The van der Waals surface area contributed by atoms with E-state index in [2.05, 4.69) is 40.2 Å². The molecule has 6 nitrogen and oxygen atoms in total. The molecule has 1 saturated heterocycles. The summed E-state index contributed by atoms with van der Waals surface area (Å²) >= 11 is 0. The third kappa shape index (κ3) is 6.33. The summed E-state index contributed by atoms with van der Waals surface area (Å²) in [6.45, 7) is 5.58. The molecule has 32 heavy (non-hydrogen) atoms. The fourth-order valence-electron chi connectivity index (χ4n) is 3.72. The molecule has 1 N–H and O–H groups in total. The molecule has 172 valence electrons. The first-order valence-electron chi connectivity index (χ1n) is 10.5. The SMILES string of the molecule is CN(C)CCN1CCN(C(=O)c2ccc(/C=C/c3n[nH]c4ccccc34)cc2)CC1.Cl.Cl. The van der Waals surface area contributed by atoms with E-state index in [1.807, 2.05) is 59.5 Å². The first-order chi connectivity index (χ1) is 14.6. The van der Waals surface area contributed by atoms with Gasteiger partial charge in [0, 0.05) is 50.2 Å². The van der Waals surface area contributed by atoms with E-state index in [0.717, 1.165) is 67.0 Å². The van der Waals surface area contributed by atoms with Gasteiger partial charge in [-0.3, -0.25) is 14.8 Å². The highest BCUT2D eigenvalue weighted by Gasteiger charge is 2.21. The predicted octanol–water partition coefficient (Wildman–Crippen LogP) is 3.90.